The fraction of sp³-hybridized carbons (Fsp3) is 0.857. The first-order chi connectivity index (χ1) is 7.85. The molecule has 0 aromatic heterocycles. The number of unbranched alkanes of at least 4 members (excludes halogenated alkanes) is 6. The molecular formula is C14H28O2. The highest BCUT2D eigenvalue weighted by Crippen LogP contribution is 2.13. The maximum atomic E-state index is 8.65. The van der Waals surface area contributed by atoms with Crippen molar-refractivity contribution in [3.8, 4) is 0 Å². The van der Waals surface area contributed by atoms with Crippen molar-refractivity contribution in [3.63, 3.8) is 0 Å². The third kappa shape index (κ3) is 10.0. The van der Waals surface area contributed by atoms with E-state index in [4.69, 9.17) is 9.84 Å². The Bertz CT molecular complexity index is 164. The van der Waals surface area contributed by atoms with Crippen molar-refractivity contribution in [2.45, 2.75) is 65.2 Å². The standard InChI is InChI=1S/C14H28O2/c1-3-5-6-7-8-9-10-11-14(4-2)16-13-12-15/h4,15H,3,5-13H2,1-2H3. The van der Waals surface area contributed by atoms with Crippen LogP contribution in [0.2, 0.25) is 0 Å². The Morgan fingerprint density at radius 1 is 1.06 bits per heavy atom. The summed E-state index contributed by atoms with van der Waals surface area (Å²) in [6.07, 6.45) is 12.3. The topological polar surface area (TPSA) is 29.5 Å². The second kappa shape index (κ2) is 12.6. The lowest BCUT2D eigenvalue weighted by Gasteiger charge is -2.08. The number of aliphatic hydroxyl groups excluding tert-OH is 1. The van der Waals surface area contributed by atoms with Gasteiger partial charge in [-0.05, 0) is 19.4 Å². The van der Waals surface area contributed by atoms with Crippen molar-refractivity contribution in [2.24, 2.45) is 0 Å². The number of aliphatic hydroxyl groups is 1. The van der Waals surface area contributed by atoms with Crippen LogP contribution in [0.25, 0.3) is 0 Å². The summed E-state index contributed by atoms with van der Waals surface area (Å²) in [6, 6.07) is 0. The summed E-state index contributed by atoms with van der Waals surface area (Å²) in [5.74, 6) is 1.03. The highest BCUT2D eigenvalue weighted by molar-refractivity contribution is 4.89. The van der Waals surface area contributed by atoms with Gasteiger partial charge in [0, 0.05) is 6.42 Å². The molecule has 0 unspecified atom stereocenters. The summed E-state index contributed by atoms with van der Waals surface area (Å²) < 4.78 is 5.40. The average molecular weight is 228 g/mol. The summed E-state index contributed by atoms with van der Waals surface area (Å²) in [5.41, 5.74) is 0. The van der Waals surface area contributed by atoms with Crippen molar-refractivity contribution in [2.75, 3.05) is 13.2 Å². The molecule has 0 aliphatic heterocycles. The second-order valence-electron chi connectivity index (χ2n) is 4.20. The Morgan fingerprint density at radius 3 is 2.25 bits per heavy atom. The fourth-order valence-electron chi connectivity index (χ4n) is 1.73. The van der Waals surface area contributed by atoms with Crippen LogP contribution in [0.3, 0.4) is 0 Å². The van der Waals surface area contributed by atoms with Crippen molar-refractivity contribution in [3.05, 3.63) is 11.8 Å². The predicted molar refractivity (Wildman–Crippen MR) is 69.4 cm³/mol. The maximum Gasteiger partial charge on any atom is 0.111 e. The van der Waals surface area contributed by atoms with Gasteiger partial charge in [-0.15, -0.1) is 0 Å². The quantitative estimate of drug-likeness (QED) is 0.427. The van der Waals surface area contributed by atoms with Gasteiger partial charge >= 0.3 is 0 Å². The Labute approximate surface area is 101 Å². The molecule has 2 nitrogen and oxygen atoms in total. The molecule has 0 saturated carbocycles. The van der Waals surface area contributed by atoms with Crippen LogP contribution in [0.4, 0.5) is 0 Å². The van der Waals surface area contributed by atoms with Gasteiger partial charge in [-0.3, -0.25) is 0 Å². The van der Waals surface area contributed by atoms with E-state index in [1.54, 1.807) is 0 Å². The molecule has 96 valence electrons. The van der Waals surface area contributed by atoms with Crippen LogP contribution < -0.4 is 0 Å². The second-order valence-corrected chi connectivity index (χ2v) is 4.20. The summed E-state index contributed by atoms with van der Waals surface area (Å²) >= 11 is 0. The molecule has 0 saturated heterocycles. The van der Waals surface area contributed by atoms with Gasteiger partial charge in [-0.2, -0.15) is 0 Å². The predicted octanol–water partition coefficient (Wildman–Crippen LogP) is 4.04. The SMILES string of the molecule is CC=C(CCCCCCCCC)OCCO. The lowest BCUT2D eigenvalue weighted by atomic mass is 10.1. The maximum absolute atomic E-state index is 8.65. The van der Waals surface area contributed by atoms with E-state index in [0.29, 0.717) is 6.61 Å². The molecule has 0 aromatic rings. The van der Waals surface area contributed by atoms with Crippen LogP contribution in [0, 0.1) is 0 Å². The van der Waals surface area contributed by atoms with Crippen molar-refractivity contribution >= 4 is 0 Å². The van der Waals surface area contributed by atoms with E-state index in [2.05, 4.69) is 6.92 Å². The largest absolute Gasteiger partial charge is 0.496 e. The molecule has 0 fully saturated rings. The van der Waals surface area contributed by atoms with Gasteiger partial charge in [-0.1, -0.05) is 45.4 Å². The van der Waals surface area contributed by atoms with Gasteiger partial charge in [-0.25, -0.2) is 0 Å². The van der Waals surface area contributed by atoms with Gasteiger partial charge in [0.15, 0.2) is 0 Å². The summed E-state index contributed by atoms with van der Waals surface area (Å²) in [4.78, 5) is 0. The van der Waals surface area contributed by atoms with Crippen LogP contribution in [0.15, 0.2) is 11.8 Å². The average Bonchev–Trinajstić information content (AvgIpc) is 2.32. The molecule has 0 atom stereocenters. The Kier molecular flexibility index (Phi) is 12.2. The molecule has 0 aliphatic carbocycles. The fourth-order valence-corrected chi connectivity index (χ4v) is 1.73. The number of hydrogen-bond acceptors (Lipinski definition) is 2. The minimum Gasteiger partial charge on any atom is -0.496 e. The van der Waals surface area contributed by atoms with E-state index in [-0.39, 0.29) is 6.61 Å². The molecule has 0 radical (unpaired) electrons. The van der Waals surface area contributed by atoms with E-state index in [0.717, 1.165) is 12.2 Å². The third-order valence-electron chi connectivity index (χ3n) is 2.73. The van der Waals surface area contributed by atoms with E-state index in [9.17, 15) is 0 Å². The summed E-state index contributed by atoms with van der Waals surface area (Å²) in [6.45, 7) is 4.77. The monoisotopic (exact) mass is 228 g/mol. The number of ether oxygens (including phenoxy) is 1. The highest BCUT2D eigenvalue weighted by atomic mass is 16.5. The number of rotatable bonds is 11. The summed E-state index contributed by atoms with van der Waals surface area (Å²) in [7, 11) is 0. The first-order valence-electron chi connectivity index (χ1n) is 6.74. The van der Waals surface area contributed by atoms with Gasteiger partial charge in [0.05, 0.1) is 12.4 Å². The Balaban J connectivity index is 3.28. The molecule has 1 N–H and O–H groups in total. The molecule has 0 heterocycles. The van der Waals surface area contributed by atoms with Crippen LogP contribution in [0.5, 0.6) is 0 Å². The molecule has 16 heavy (non-hydrogen) atoms. The molecule has 0 aromatic carbocycles. The third-order valence-corrected chi connectivity index (χ3v) is 2.73. The molecule has 0 amide bonds. The van der Waals surface area contributed by atoms with Crippen molar-refractivity contribution < 1.29 is 9.84 Å². The first-order valence-corrected chi connectivity index (χ1v) is 6.74. The lowest BCUT2D eigenvalue weighted by Crippen LogP contribution is -1.99. The molecule has 0 aliphatic rings. The zero-order valence-corrected chi connectivity index (χ0v) is 11.0. The van der Waals surface area contributed by atoms with E-state index in [1.807, 2.05) is 13.0 Å². The smallest absolute Gasteiger partial charge is 0.111 e. The van der Waals surface area contributed by atoms with E-state index in [1.165, 1.54) is 44.9 Å². The zero-order valence-electron chi connectivity index (χ0n) is 11.0. The molecular weight excluding hydrogens is 200 g/mol. The van der Waals surface area contributed by atoms with Crippen LogP contribution in [-0.4, -0.2) is 18.3 Å². The Hall–Kier alpha value is -0.500. The van der Waals surface area contributed by atoms with Gasteiger partial charge in [0.2, 0.25) is 0 Å². The molecule has 0 rings (SSSR count). The summed E-state index contributed by atoms with van der Waals surface area (Å²) in [5, 5.41) is 8.65. The number of hydrogen-bond donors (Lipinski definition) is 1. The van der Waals surface area contributed by atoms with Crippen LogP contribution >= 0.6 is 0 Å². The first kappa shape index (κ1) is 15.5. The Morgan fingerprint density at radius 2 is 1.69 bits per heavy atom. The molecule has 2 heteroatoms. The molecule has 0 bridgehead atoms. The van der Waals surface area contributed by atoms with Crippen LogP contribution in [0.1, 0.15) is 65.2 Å². The van der Waals surface area contributed by atoms with Gasteiger partial charge < -0.3 is 9.84 Å². The van der Waals surface area contributed by atoms with Crippen molar-refractivity contribution in [1.29, 1.82) is 0 Å². The van der Waals surface area contributed by atoms with Crippen molar-refractivity contribution in [1.82, 2.24) is 0 Å². The molecule has 0 spiro atoms. The van der Waals surface area contributed by atoms with Gasteiger partial charge in [0.1, 0.15) is 6.61 Å². The van der Waals surface area contributed by atoms with Crippen LogP contribution in [-0.2, 0) is 4.74 Å². The normalized spacial score (nSPS) is 11.8. The van der Waals surface area contributed by atoms with E-state index < -0.39 is 0 Å². The minimum absolute atomic E-state index is 0.106. The zero-order chi connectivity index (χ0) is 12.1. The minimum atomic E-state index is 0.106. The lowest BCUT2D eigenvalue weighted by molar-refractivity contribution is 0.138. The number of allylic oxidation sites excluding steroid dienone is 2. The van der Waals surface area contributed by atoms with Gasteiger partial charge in [0.25, 0.3) is 0 Å². The van der Waals surface area contributed by atoms with E-state index >= 15 is 0 Å². The highest BCUT2D eigenvalue weighted by Gasteiger charge is 1.97.